The van der Waals surface area contributed by atoms with E-state index in [9.17, 15) is 19.4 Å². The second-order valence-electron chi connectivity index (χ2n) is 4.55. The second-order valence-corrected chi connectivity index (χ2v) is 6.92. The van der Waals surface area contributed by atoms with Gasteiger partial charge in [0.1, 0.15) is 0 Å². The van der Waals surface area contributed by atoms with Crippen LogP contribution in [0.2, 0.25) is 0 Å². The van der Waals surface area contributed by atoms with Gasteiger partial charge in [0.2, 0.25) is 0 Å². The van der Waals surface area contributed by atoms with Crippen LogP contribution in [0.4, 0.5) is 0 Å². The van der Waals surface area contributed by atoms with E-state index >= 15 is 0 Å². The van der Waals surface area contributed by atoms with Crippen molar-refractivity contribution in [2.24, 2.45) is 4.95 Å². The first-order valence-electron chi connectivity index (χ1n) is 6.47. The molecular weight excluding hydrogens is 317 g/mol. The van der Waals surface area contributed by atoms with Crippen LogP contribution in [0.1, 0.15) is 12.8 Å². The maximum atomic E-state index is 11.1. The Kier molecular flexibility index (Phi) is 7.49. The number of carbonyl (C=O) groups excluding carboxylic acids is 2. The van der Waals surface area contributed by atoms with Crippen molar-refractivity contribution in [1.82, 2.24) is 10.2 Å². The molecule has 126 valence electrons. The molecule has 1 fully saturated rings. The van der Waals surface area contributed by atoms with Gasteiger partial charge in [0.05, 0.1) is 0 Å². The van der Waals surface area contributed by atoms with Crippen LogP contribution in [0.3, 0.4) is 0 Å². The molecule has 1 heterocycles. The zero-order chi connectivity index (χ0) is 16.6. The minimum atomic E-state index is -3.70. The van der Waals surface area contributed by atoms with Gasteiger partial charge in [0.15, 0.2) is 0 Å². The standard InChI is InChI=1S/C11H20N3O7P/c1-14(6-5-9(16)12-7-15)10-3-4-11(21-10)20-8-22(18,13-17)19-2/h5-7,10-11,18,22H,3-4,8H2,1-2H3,(H,12,15,16)/b6-5-. The van der Waals surface area contributed by atoms with E-state index in [1.807, 2.05) is 5.32 Å². The number of hydrogen-bond acceptors (Lipinski definition) is 9. The third-order valence-corrected chi connectivity index (χ3v) is 4.48. The molecule has 11 heteroatoms. The summed E-state index contributed by atoms with van der Waals surface area (Å²) in [5, 5.41) is 1.97. The molecule has 1 rings (SSSR count). The third-order valence-electron chi connectivity index (χ3n) is 3.00. The topological polar surface area (TPSA) is 127 Å². The Hall–Kier alpha value is -1.45. The number of nitrogens with one attached hydrogen (secondary N) is 1. The van der Waals surface area contributed by atoms with Crippen molar-refractivity contribution in [1.29, 1.82) is 0 Å². The predicted molar refractivity (Wildman–Crippen MR) is 78.3 cm³/mol. The molecular formula is C11H20N3O7P. The van der Waals surface area contributed by atoms with Crippen molar-refractivity contribution in [3.63, 3.8) is 0 Å². The van der Waals surface area contributed by atoms with Crippen molar-refractivity contribution in [2.45, 2.75) is 25.4 Å². The van der Waals surface area contributed by atoms with Gasteiger partial charge in [-0.1, -0.05) is 0 Å². The van der Waals surface area contributed by atoms with E-state index in [0.717, 1.165) is 0 Å². The molecule has 0 aromatic heterocycles. The fourth-order valence-corrected chi connectivity index (χ4v) is 2.37. The second kappa shape index (κ2) is 8.86. The average Bonchev–Trinajstić information content (AvgIpc) is 2.99. The first-order valence-corrected chi connectivity index (χ1v) is 8.48. The molecule has 0 radical (unpaired) electrons. The van der Waals surface area contributed by atoms with E-state index in [2.05, 4.69) is 9.47 Å². The molecule has 0 saturated carbocycles. The van der Waals surface area contributed by atoms with E-state index in [1.165, 1.54) is 19.4 Å². The normalized spacial score (nSPS) is 22.5. The summed E-state index contributed by atoms with van der Waals surface area (Å²) in [5.74, 6) is -0.541. The van der Waals surface area contributed by atoms with Crippen molar-refractivity contribution in [3.8, 4) is 0 Å². The summed E-state index contributed by atoms with van der Waals surface area (Å²) in [6, 6.07) is 0. The van der Waals surface area contributed by atoms with Crippen LogP contribution < -0.4 is 5.32 Å². The Bertz CT molecular complexity index is 436. The summed E-state index contributed by atoms with van der Waals surface area (Å²) in [6.07, 6.45) is 2.90. The van der Waals surface area contributed by atoms with Crippen molar-refractivity contribution in [3.05, 3.63) is 17.2 Å². The van der Waals surface area contributed by atoms with E-state index in [0.29, 0.717) is 19.3 Å². The van der Waals surface area contributed by atoms with E-state index < -0.39 is 20.1 Å². The SMILES string of the molecule is CO[PH](O)(COC1CCC(N(C)/C=C\C(=O)NC=O)O1)N=O. The summed E-state index contributed by atoms with van der Waals surface area (Å²) in [4.78, 5) is 45.5. The number of amides is 2. The number of hydrogen-bond donors (Lipinski definition) is 2. The molecule has 1 saturated heterocycles. The predicted octanol–water partition coefficient (Wildman–Crippen LogP) is 0.0412. The Morgan fingerprint density at radius 2 is 2.32 bits per heavy atom. The minimum absolute atomic E-state index is 0.296. The number of carbonyl (C=O) groups is 2. The number of nitroso groups, excluding NO2 is 1. The number of ether oxygens (including phenoxy) is 2. The van der Waals surface area contributed by atoms with Crippen molar-refractivity contribution >= 4 is 20.2 Å². The molecule has 2 N–H and O–H groups in total. The fourth-order valence-electron chi connectivity index (χ4n) is 1.72. The zero-order valence-electron chi connectivity index (χ0n) is 12.3. The van der Waals surface area contributed by atoms with Crippen LogP contribution in [0, 0.1) is 4.91 Å². The first kappa shape index (κ1) is 18.6. The van der Waals surface area contributed by atoms with Gasteiger partial charge in [0.25, 0.3) is 0 Å². The van der Waals surface area contributed by atoms with Gasteiger partial charge in [-0.25, -0.2) is 0 Å². The summed E-state index contributed by atoms with van der Waals surface area (Å²) < 4.78 is 15.5. The fraction of sp³-hybridized carbons (Fsp3) is 0.636. The maximum absolute atomic E-state index is 11.1. The molecule has 0 aromatic carbocycles. The third kappa shape index (κ3) is 5.74. The summed E-state index contributed by atoms with van der Waals surface area (Å²) in [5.41, 5.74) is 0. The average molecular weight is 337 g/mol. The zero-order valence-corrected chi connectivity index (χ0v) is 13.3. The van der Waals surface area contributed by atoms with E-state index in [1.54, 1.807) is 11.9 Å². The molecule has 1 aliphatic heterocycles. The summed E-state index contributed by atoms with van der Waals surface area (Å²) >= 11 is 0. The van der Waals surface area contributed by atoms with Crippen LogP contribution in [0.25, 0.3) is 0 Å². The molecule has 2 unspecified atom stereocenters. The van der Waals surface area contributed by atoms with Gasteiger partial charge < -0.3 is 0 Å². The van der Waals surface area contributed by atoms with Gasteiger partial charge in [0, 0.05) is 0 Å². The van der Waals surface area contributed by atoms with Crippen LogP contribution >= 0.6 is 7.87 Å². The molecule has 2 amide bonds. The molecule has 0 bridgehead atoms. The van der Waals surface area contributed by atoms with Crippen LogP contribution in [0.15, 0.2) is 17.2 Å². The van der Waals surface area contributed by atoms with Crippen molar-refractivity contribution in [2.75, 3.05) is 20.5 Å². The monoisotopic (exact) mass is 337 g/mol. The van der Waals surface area contributed by atoms with Gasteiger partial charge in [-0.2, -0.15) is 0 Å². The Morgan fingerprint density at radius 1 is 1.59 bits per heavy atom. The van der Waals surface area contributed by atoms with E-state index in [-0.39, 0.29) is 12.6 Å². The number of rotatable bonds is 9. The number of nitrogens with zero attached hydrogens (tertiary/aromatic N) is 2. The molecule has 0 spiro atoms. The Morgan fingerprint density at radius 3 is 2.91 bits per heavy atom. The van der Waals surface area contributed by atoms with Gasteiger partial charge in [-0.15, -0.1) is 0 Å². The van der Waals surface area contributed by atoms with Gasteiger partial charge in [-0.3, -0.25) is 0 Å². The Labute approximate surface area is 127 Å². The summed E-state index contributed by atoms with van der Waals surface area (Å²) in [7, 11) is -0.808. The van der Waals surface area contributed by atoms with Crippen molar-refractivity contribution < 1.29 is 28.5 Å². The first-order chi connectivity index (χ1) is 10.4. The molecule has 0 aromatic rings. The summed E-state index contributed by atoms with van der Waals surface area (Å²) in [6.45, 7) is 0. The molecule has 0 aliphatic carbocycles. The van der Waals surface area contributed by atoms with Crippen LogP contribution in [0.5, 0.6) is 0 Å². The quantitative estimate of drug-likeness (QED) is 0.261. The molecule has 2 atom stereocenters. The van der Waals surface area contributed by atoms with Crippen LogP contribution in [-0.2, 0) is 23.6 Å². The number of imide groups is 1. The molecule has 1 aliphatic rings. The van der Waals surface area contributed by atoms with Gasteiger partial charge in [-0.05, 0) is 0 Å². The van der Waals surface area contributed by atoms with Gasteiger partial charge >= 0.3 is 127 Å². The molecule has 22 heavy (non-hydrogen) atoms. The van der Waals surface area contributed by atoms with Crippen LogP contribution in [-0.4, -0.2) is 55.1 Å². The Balaban J connectivity index is 2.40. The molecule has 10 nitrogen and oxygen atoms in total. The van der Waals surface area contributed by atoms with E-state index in [4.69, 9.17) is 9.47 Å².